The second-order valence-electron chi connectivity index (χ2n) is 3.13. The highest BCUT2D eigenvalue weighted by Crippen LogP contribution is 1.82. The molecule has 80 valence electrons. The molecule has 1 aromatic heterocycles. The van der Waals surface area contributed by atoms with Crippen LogP contribution in [0.3, 0.4) is 0 Å². The zero-order valence-electron chi connectivity index (χ0n) is 8.78. The molecule has 0 atom stereocenters. The van der Waals surface area contributed by atoms with E-state index >= 15 is 0 Å². The molecule has 0 aliphatic heterocycles. The van der Waals surface area contributed by atoms with Gasteiger partial charge in [0.15, 0.2) is 0 Å². The highest BCUT2D eigenvalue weighted by molar-refractivity contribution is 4.77. The first-order valence-electron chi connectivity index (χ1n) is 5.19. The number of rotatable bonds is 8. The van der Waals surface area contributed by atoms with Crippen LogP contribution in [0.2, 0.25) is 0 Å². The minimum absolute atomic E-state index is 0.799. The molecular formula is C10H19N3O. The van der Waals surface area contributed by atoms with Crippen molar-refractivity contribution in [2.45, 2.75) is 19.9 Å². The van der Waals surface area contributed by atoms with Crippen LogP contribution in [0.5, 0.6) is 0 Å². The molecule has 0 aromatic carbocycles. The Bertz CT molecular complexity index is 211. The first-order valence-corrected chi connectivity index (χ1v) is 5.19. The van der Waals surface area contributed by atoms with Crippen LogP contribution in [0.1, 0.15) is 13.3 Å². The van der Waals surface area contributed by atoms with Crippen molar-refractivity contribution in [1.82, 2.24) is 15.1 Å². The molecule has 1 aromatic rings. The van der Waals surface area contributed by atoms with Gasteiger partial charge in [0.25, 0.3) is 0 Å². The molecule has 4 heteroatoms. The lowest BCUT2D eigenvalue weighted by molar-refractivity contribution is 0.136. The number of nitrogens with one attached hydrogen (secondary N) is 1. The molecule has 0 unspecified atom stereocenters. The maximum atomic E-state index is 5.34. The third-order valence-corrected chi connectivity index (χ3v) is 1.85. The Labute approximate surface area is 85.3 Å². The minimum atomic E-state index is 0.799. The van der Waals surface area contributed by atoms with Crippen molar-refractivity contribution in [3.8, 4) is 0 Å². The van der Waals surface area contributed by atoms with Gasteiger partial charge in [-0.05, 0) is 12.5 Å². The predicted octanol–water partition coefficient (Wildman–Crippen LogP) is 0.899. The zero-order valence-corrected chi connectivity index (χ0v) is 8.78. The fraction of sp³-hybridized carbons (Fsp3) is 0.700. The molecule has 0 aliphatic rings. The van der Waals surface area contributed by atoms with Crippen LogP contribution < -0.4 is 5.32 Å². The standard InChI is InChI=1S/C10H19N3O/c1-2-9-14-10-6-11-5-8-13-7-3-4-12-13/h3-4,7,11H,2,5-6,8-10H2,1H3. The van der Waals surface area contributed by atoms with Crippen molar-refractivity contribution in [1.29, 1.82) is 0 Å². The monoisotopic (exact) mass is 197 g/mol. The molecule has 0 saturated carbocycles. The molecular weight excluding hydrogens is 178 g/mol. The Balaban J connectivity index is 1.85. The highest BCUT2D eigenvalue weighted by atomic mass is 16.5. The molecule has 0 saturated heterocycles. The minimum Gasteiger partial charge on any atom is -0.380 e. The highest BCUT2D eigenvalue weighted by Gasteiger charge is 1.90. The fourth-order valence-electron chi connectivity index (χ4n) is 1.14. The van der Waals surface area contributed by atoms with Gasteiger partial charge in [0, 0.05) is 32.1 Å². The van der Waals surface area contributed by atoms with E-state index in [0.29, 0.717) is 0 Å². The molecule has 0 bridgehead atoms. The van der Waals surface area contributed by atoms with Crippen LogP contribution in [0, 0.1) is 0 Å². The molecule has 0 radical (unpaired) electrons. The molecule has 4 nitrogen and oxygen atoms in total. The summed E-state index contributed by atoms with van der Waals surface area (Å²) in [6.45, 7) is 6.55. The van der Waals surface area contributed by atoms with Crippen molar-refractivity contribution >= 4 is 0 Å². The lowest BCUT2D eigenvalue weighted by Crippen LogP contribution is -2.24. The number of hydrogen-bond acceptors (Lipinski definition) is 3. The Kier molecular flexibility index (Phi) is 6.02. The summed E-state index contributed by atoms with van der Waals surface area (Å²) in [5.74, 6) is 0. The van der Waals surface area contributed by atoms with Gasteiger partial charge in [0.05, 0.1) is 13.2 Å². The van der Waals surface area contributed by atoms with Gasteiger partial charge in [-0.25, -0.2) is 0 Å². The maximum Gasteiger partial charge on any atom is 0.0590 e. The Morgan fingerprint density at radius 2 is 2.29 bits per heavy atom. The Morgan fingerprint density at radius 1 is 1.36 bits per heavy atom. The summed E-state index contributed by atoms with van der Waals surface area (Å²) in [6, 6.07) is 1.93. The predicted molar refractivity (Wildman–Crippen MR) is 56.2 cm³/mol. The summed E-state index contributed by atoms with van der Waals surface area (Å²) in [5, 5.41) is 7.41. The molecule has 1 rings (SSSR count). The van der Waals surface area contributed by atoms with Crippen LogP contribution in [0.15, 0.2) is 18.5 Å². The van der Waals surface area contributed by atoms with E-state index in [1.54, 1.807) is 6.20 Å². The lowest BCUT2D eigenvalue weighted by Gasteiger charge is -2.05. The summed E-state index contributed by atoms with van der Waals surface area (Å²) in [5.41, 5.74) is 0. The van der Waals surface area contributed by atoms with Gasteiger partial charge in [0.2, 0.25) is 0 Å². The lowest BCUT2D eigenvalue weighted by atomic mass is 10.5. The average molecular weight is 197 g/mol. The fourth-order valence-corrected chi connectivity index (χ4v) is 1.14. The summed E-state index contributed by atoms with van der Waals surface area (Å²) in [7, 11) is 0. The second-order valence-corrected chi connectivity index (χ2v) is 3.13. The summed E-state index contributed by atoms with van der Waals surface area (Å²) < 4.78 is 7.25. The largest absolute Gasteiger partial charge is 0.380 e. The summed E-state index contributed by atoms with van der Waals surface area (Å²) in [6.07, 6.45) is 4.85. The molecule has 14 heavy (non-hydrogen) atoms. The molecule has 0 amide bonds. The van der Waals surface area contributed by atoms with E-state index in [-0.39, 0.29) is 0 Å². The Morgan fingerprint density at radius 3 is 3.00 bits per heavy atom. The number of aromatic nitrogens is 2. The topological polar surface area (TPSA) is 39.1 Å². The summed E-state index contributed by atoms with van der Waals surface area (Å²) in [4.78, 5) is 0. The van der Waals surface area contributed by atoms with E-state index in [9.17, 15) is 0 Å². The van der Waals surface area contributed by atoms with Crippen molar-refractivity contribution in [3.05, 3.63) is 18.5 Å². The van der Waals surface area contributed by atoms with Crippen LogP contribution >= 0.6 is 0 Å². The maximum absolute atomic E-state index is 5.34. The van der Waals surface area contributed by atoms with Crippen LogP contribution in [-0.2, 0) is 11.3 Å². The van der Waals surface area contributed by atoms with E-state index in [0.717, 1.165) is 39.3 Å². The van der Waals surface area contributed by atoms with Crippen LogP contribution in [0.25, 0.3) is 0 Å². The number of nitrogens with zero attached hydrogens (tertiary/aromatic N) is 2. The van der Waals surface area contributed by atoms with Gasteiger partial charge in [-0.3, -0.25) is 4.68 Å². The van der Waals surface area contributed by atoms with E-state index in [4.69, 9.17) is 4.74 Å². The normalized spacial score (nSPS) is 10.6. The van der Waals surface area contributed by atoms with Crippen molar-refractivity contribution < 1.29 is 4.74 Å². The van der Waals surface area contributed by atoms with Gasteiger partial charge >= 0.3 is 0 Å². The first-order chi connectivity index (χ1) is 6.93. The van der Waals surface area contributed by atoms with E-state index in [1.165, 1.54) is 0 Å². The van der Waals surface area contributed by atoms with E-state index in [2.05, 4.69) is 17.3 Å². The zero-order chi connectivity index (χ0) is 10.1. The third-order valence-electron chi connectivity index (χ3n) is 1.85. The number of ether oxygens (including phenoxy) is 1. The smallest absolute Gasteiger partial charge is 0.0590 e. The second kappa shape index (κ2) is 7.53. The van der Waals surface area contributed by atoms with Crippen molar-refractivity contribution in [2.75, 3.05) is 26.3 Å². The van der Waals surface area contributed by atoms with E-state index < -0.39 is 0 Å². The molecule has 0 spiro atoms. The van der Waals surface area contributed by atoms with Gasteiger partial charge in [-0.15, -0.1) is 0 Å². The molecule has 1 N–H and O–H groups in total. The van der Waals surface area contributed by atoms with Crippen molar-refractivity contribution in [2.24, 2.45) is 0 Å². The van der Waals surface area contributed by atoms with Crippen LogP contribution in [0.4, 0.5) is 0 Å². The average Bonchev–Trinajstić information content (AvgIpc) is 2.69. The quantitative estimate of drug-likeness (QED) is 0.629. The van der Waals surface area contributed by atoms with Gasteiger partial charge in [0.1, 0.15) is 0 Å². The third kappa shape index (κ3) is 4.99. The van der Waals surface area contributed by atoms with E-state index in [1.807, 2.05) is 16.9 Å². The molecule has 0 aliphatic carbocycles. The van der Waals surface area contributed by atoms with Gasteiger partial charge in [-0.2, -0.15) is 5.10 Å². The van der Waals surface area contributed by atoms with Crippen molar-refractivity contribution in [3.63, 3.8) is 0 Å². The molecule has 1 heterocycles. The molecule has 0 fully saturated rings. The number of hydrogen-bond donors (Lipinski definition) is 1. The van der Waals surface area contributed by atoms with Gasteiger partial charge < -0.3 is 10.1 Å². The Hall–Kier alpha value is -0.870. The SMILES string of the molecule is CCCOCCNCCn1cccn1. The van der Waals surface area contributed by atoms with Crippen LogP contribution in [-0.4, -0.2) is 36.1 Å². The van der Waals surface area contributed by atoms with Gasteiger partial charge in [-0.1, -0.05) is 6.92 Å². The first kappa shape index (κ1) is 11.2. The summed E-state index contributed by atoms with van der Waals surface area (Å²) >= 11 is 0.